The standard InChI is InChI=1S/C20H24F3N5O2/c21-20(22,23)16-10-15(7-6-13(16)11-24)27-8-9-28(17(12-27)18(25)29)19(30)26-14-4-2-1-3-5-14/h6-7,10,14,17H,1-5,8-9,12H2,(H2,25,29)(H,26,30). The number of amides is 3. The van der Waals surface area contributed by atoms with Crippen molar-refractivity contribution in [1.29, 1.82) is 5.26 Å². The summed E-state index contributed by atoms with van der Waals surface area (Å²) in [5.74, 6) is -0.719. The van der Waals surface area contributed by atoms with Gasteiger partial charge in [0, 0.05) is 31.4 Å². The molecule has 3 N–H and O–H groups in total. The summed E-state index contributed by atoms with van der Waals surface area (Å²) in [6.45, 7) is 0.370. The van der Waals surface area contributed by atoms with E-state index >= 15 is 0 Å². The first kappa shape index (κ1) is 21.7. The number of hydrogen-bond donors (Lipinski definition) is 2. The Balaban J connectivity index is 1.76. The third-order valence-corrected chi connectivity index (χ3v) is 5.70. The van der Waals surface area contributed by atoms with Crippen LogP contribution in [-0.2, 0) is 11.0 Å². The van der Waals surface area contributed by atoms with Crippen LogP contribution >= 0.6 is 0 Å². The Labute approximate surface area is 172 Å². The van der Waals surface area contributed by atoms with Crippen LogP contribution in [0.3, 0.4) is 0 Å². The van der Waals surface area contributed by atoms with E-state index in [4.69, 9.17) is 11.0 Å². The van der Waals surface area contributed by atoms with Gasteiger partial charge in [-0.3, -0.25) is 4.79 Å². The van der Waals surface area contributed by atoms with Gasteiger partial charge in [0.25, 0.3) is 0 Å². The van der Waals surface area contributed by atoms with Gasteiger partial charge in [0.1, 0.15) is 6.04 Å². The molecule has 0 radical (unpaired) electrons. The highest BCUT2D eigenvalue weighted by atomic mass is 19.4. The summed E-state index contributed by atoms with van der Waals surface area (Å²) in [5.41, 5.74) is 4.22. The van der Waals surface area contributed by atoms with Crippen molar-refractivity contribution in [1.82, 2.24) is 10.2 Å². The zero-order chi connectivity index (χ0) is 21.9. The molecule has 3 amide bonds. The Bertz CT molecular complexity index is 846. The molecule has 0 spiro atoms. The highest BCUT2D eigenvalue weighted by Crippen LogP contribution is 2.35. The molecule has 1 heterocycles. The lowest BCUT2D eigenvalue weighted by atomic mass is 9.95. The quantitative estimate of drug-likeness (QED) is 0.780. The Morgan fingerprint density at radius 2 is 1.87 bits per heavy atom. The number of nitrogens with two attached hydrogens (primary N) is 1. The molecule has 0 aromatic heterocycles. The average molecular weight is 423 g/mol. The first-order chi connectivity index (χ1) is 14.2. The summed E-state index contributed by atoms with van der Waals surface area (Å²) in [7, 11) is 0. The molecule has 1 unspecified atom stereocenters. The van der Waals surface area contributed by atoms with Crippen molar-refractivity contribution in [2.24, 2.45) is 5.73 Å². The summed E-state index contributed by atoms with van der Waals surface area (Å²) in [4.78, 5) is 27.7. The Morgan fingerprint density at radius 1 is 1.17 bits per heavy atom. The molecule has 2 fully saturated rings. The molecule has 30 heavy (non-hydrogen) atoms. The molecule has 1 saturated heterocycles. The van der Waals surface area contributed by atoms with Crippen LogP contribution in [0.15, 0.2) is 18.2 Å². The van der Waals surface area contributed by atoms with Crippen LogP contribution in [0.4, 0.5) is 23.7 Å². The number of halogens is 3. The normalized spacial score (nSPS) is 20.5. The highest BCUT2D eigenvalue weighted by molar-refractivity contribution is 5.87. The average Bonchev–Trinajstić information content (AvgIpc) is 2.72. The fourth-order valence-electron chi connectivity index (χ4n) is 4.07. The van der Waals surface area contributed by atoms with Gasteiger partial charge in [-0.2, -0.15) is 18.4 Å². The number of nitrogens with zero attached hydrogens (tertiary/aromatic N) is 3. The fourth-order valence-corrected chi connectivity index (χ4v) is 4.07. The zero-order valence-corrected chi connectivity index (χ0v) is 16.4. The fraction of sp³-hybridized carbons (Fsp3) is 0.550. The van der Waals surface area contributed by atoms with Crippen LogP contribution in [0, 0.1) is 11.3 Å². The molecule has 1 aromatic rings. The third kappa shape index (κ3) is 4.78. The lowest BCUT2D eigenvalue weighted by Crippen LogP contribution is -2.62. The lowest BCUT2D eigenvalue weighted by Gasteiger charge is -2.41. The van der Waals surface area contributed by atoms with Crippen molar-refractivity contribution in [2.45, 2.75) is 50.4 Å². The van der Waals surface area contributed by atoms with E-state index in [0.29, 0.717) is 0 Å². The molecular formula is C20H24F3N5O2. The molecule has 1 aromatic carbocycles. The number of hydrogen-bond acceptors (Lipinski definition) is 4. The Morgan fingerprint density at radius 3 is 2.47 bits per heavy atom. The van der Waals surface area contributed by atoms with Crippen LogP contribution in [0.25, 0.3) is 0 Å². The van der Waals surface area contributed by atoms with Crippen molar-refractivity contribution < 1.29 is 22.8 Å². The number of primary amides is 1. The first-order valence-corrected chi connectivity index (χ1v) is 9.93. The number of nitrogens with one attached hydrogen (secondary N) is 1. The van der Waals surface area contributed by atoms with Crippen LogP contribution in [0.5, 0.6) is 0 Å². The van der Waals surface area contributed by atoms with Crippen molar-refractivity contribution >= 4 is 17.6 Å². The Kier molecular flexibility index (Phi) is 6.39. The minimum absolute atomic E-state index is 0.0172. The molecule has 1 saturated carbocycles. The van der Waals surface area contributed by atoms with E-state index in [9.17, 15) is 22.8 Å². The predicted octanol–water partition coefficient (Wildman–Crippen LogP) is 2.60. The van der Waals surface area contributed by atoms with E-state index in [0.717, 1.165) is 44.2 Å². The van der Waals surface area contributed by atoms with E-state index in [2.05, 4.69) is 5.32 Å². The summed E-state index contributed by atoms with van der Waals surface area (Å²) in [6.07, 6.45) is 0.318. The van der Waals surface area contributed by atoms with Gasteiger partial charge in [0.2, 0.25) is 5.91 Å². The molecule has 1 aliphatic carbocycles. The van der Waals surface area contributed by atoms with Gasteiger partial charge >= 0.3 is 12.2 Å². The summed E-state index contributed by atoms with van der Waals surface area (Å²) in [6, 6.07) is 3.68. The molecule has 1 aliphatic heterocycles. The number of piperazine rings is 1. The molecule has 7 nitrogen and oxygen atoms in total. The molecule has 1 atom stereocenters. The SMILES string of the molecule is N#Cc1ccc(N2CCN(C(=O)NC3CCCCC3)C(C(N)=O)C2)cc1C(F)(F)F. The van der Waals surface area contributed by atoms with Gasteiger partial charge < -0.3 is 20.9 Å². The van der Waals surface area contributed by atoms with Crippen LogP contribution in [-0.4, -0.2) is 48.6 Å². The third-order valence-electron chi connectivity index (χ3n) is 5.70. The minimum Gasteiger partial charge on any atom is -0.368 e. The molecule has 0 bridgehead atoms. The molecule has 2 aliphatic rings. The van der Waals surface area contributed by atoms with E-state index in [-0.39, 0.29) is 37.4 Å². The molecule has 162 valence electrons. The lowest BCUT2D eigenvalue weighted by molar-refractivity contribution is -0.137. The van der Waals surface area contributed by atoms with Crippen LogP contribution in [0.1, 0.15) is 43.2 Å². The number of alkyl halides is 3. The van der Waals surface area contributed by atoms with Gasteiger partial charge in [-0.1, -0.05) is 19.3 Å². The molecule has 3 rings (SSSR count). The van der Waals surface area contributed by atoms with Crippen molar-refractivity contribution in [3.05, 3.63) is 29.3 Å². The van der Waals surface area contributed by atoms with Gasteiger partial charge in [0.05, 0.1) is 17.2 Å². The number of benzene rings is 1. The van der Waals surface area contributed by atoms with E-state index in [1.165, 1.54) is 11.0 Å². The van der Waals surface area contributed by atoms with E-state index in [1.807, 2.05) is 0 Å². The van der Waals surface area contributed by atoms with Crippen molar-refractivity contribution in [2.75, 3.05) is 24.5 Å². The monoisotopic (exact) mass is 423 g/mol. The number of carbonyl (C=O) groups is 2. The Hall–Kier alpha value is -2.96. The number of nitriles is 1. The largest absolute Gasteiger partial charge is 0.417 e. The number of anilines is 1. The second kappa shape index (κ2) is 8.81. The summed E-state index contributed by atoms with van der Waals surface area (Å²) < 4.78 is 39.8. The maximum Gasteiger partial charge on any atom is 0.417 e. The smallest absolute Gasteiger partial charge is 0.368 e. The maximum atomic E-state index is 13.3. The zero-order valence-electron chi connectivity index (χ0n) is 16.4. The summed E-state index contributed by atoms with van der Waals surface area (Å²) >= 11 is 0. The van der Waals surface area contributed by atoms with Gasteiger partial charge in [-0.05, 0) is 31.0 Å². The van der Waals surface area contributed by atoms with E-state index < -0.39 is 29.3 Å². The number of rotatable bonds is 3. The van der Waals surface area contributed by atoms with Crippen LogP contribution < -0.4 is 16.0 Å². The van der Waals surface area contributed by atoms with Crippen LogP contribution in [0.2, 0.25) is 0 Å². The van der Waals surface area contributed by atoms with Crippen molar-refractivity contribution in [3.8, 4) is 6.07 Å². The number of carbonyl (C=O) groups excluding carboxylic acids is 2. The minimum atomic E-state index is -4.67. The predicted molar refractivity (Wildman–Crippen MR) is 103 cm³/mol. The van der Waals surface area contributed by atoms with Gasteiger partial charge in [0.15, 0.2) is 0 Å². The maximum absolute atomic E-state index is 13.3. The first-order valence-electron chi connectivity index (χ1n) is 9.93. The second-order valence-electron chi connectivity index (χ2n) is 7.68. The number of urea groups is 1. The highest BCUT2D eigenvalue weighted by Gasteiger charge is 2.37. The van der Waals surface area contributed by atoms with Gasteiger partial charge in [-0.15, -0.1) is 0 Å². The summed E-state index contributed by atoms with van der Waals surface area (Å²) in [5, 5.41) is 11.9. The van der Waals surface area contributed by atoms with Gasteiger partial charge in [-0.25, -0.2) is 4.79 Å². The second-order valence-corrected chi connectivity index (χ2v) is 7.68. The van der Waals surface area contributed by atoms with Crippen molar-refractivity contribution in [3.63, 3.8) is 0 Å². The topological polar surface area (TPSA) is 102 Å². The van der Waals surface area contributed by atoms with E-state index in [1.54, 1.807) is 11.0 Å². The molecular weight excluding hydrogens is 399 g/mol. The molecule has 10 heteroatoms.